The van der Waals surface area contributed by atoms with Gasteiger partial charge >= 0.3 is 6.18 Å². The normalized spacial score (nSPS) is 11.4. The number of halogens is 4. The Morgan fingerprint density at radius 2 is 1.89 bits per heavy atom. The fraction of sp³-hybridized carbons (Fsp3) is 0.0833. The molecule has 3 nitrogen and oxygen atoms in total. The molecule has 100 valence electrons. The lowest BCUT2D eigenvalue weighted by atomic mass is 10.2. The van der Waals surface area contributed by atoms with Gasteiger partial charge in [0, 0.05) is 12.3 Å². The monoisotopic (exact) mass is 273 g/mol. The molecule has 0 unspecified atom stereocenters. The number of phenolic OH excluding ortho intramolecular Hbond substituents is 1. The van der Waals surface area contributed by atoms with Gasteiger partial charge in [-0.25, -0.2) is 9.37 Å². The second-order valence-electron chi connectivity index (χ2n) is 3.61. The van der Waals surface area contributed by atoms with Crippen LogP contribution in [0.3, 0.4) is 0 Å². The zero-order chi connectivity index (χ0) is 14.0. The molecule has 19 heavy (non-hydrogen) atoms. The molecule has 0 aliphatic carbocycles. The standard InChI is InChI=1S/C12H7F4NO2/c13-10-4-7(12(14,15)16)6-17-11(10)19-9-3-1-2-8(18)5-9/h1-6,18H. The van der Waals surface area contributed by atoms with Crippen molar-refractivity contribution in [2.75, 3.05) is 0 Å². The van der Waals surface area contributed by atoms with Gasteiger partial charge in [-0.15, -0.1) is 0 Å². The predicted octanol–water partition coefficient (Wildman–Crippen LogP) is 3.74. The van der Waals surface area contributed by atoms with Crippen molar-refractivity contribution in [2.45, 2.75) is 6.18 Å². The van der Waals surface area contributed by atoms with Crippen molar-refractivity contribution < 1.29 is 27.4 Å². The van der Waals surface area contributed by atoms with Crippen molar-refractivity contribution in [1.29, 1.82) is 0 Å². The quantitative estimate of drug-likeness (QED) is 0.847. The van der Waals surface area contributed by atoms with Gasteiger partial charge in [0.1, 0.15) is 11.5 Å². The summed E-state index contributed by atoms with van der Waals surface area (Å²) >= 11 is 0. The van der Waals surface area contributed by atoms with E-state index in [1.807, 2.05) is 0 Å². The molecule has 0 fully saturated rings. The minimum Gasteiger partial charge on any atom is -0.508 e. The van der Waals surface area contributed by atoms with Gasteiger partial charge in [-0.2, -0.15) is 13.2 Å². The van der Waals surface area contributed by atoms with Gasteiger partial charge in [0.2, 0.25) is 0 Å². The van der Waals surface area contributed by atoms with E-state index in [9.17, 15) is 17.6 Å². The van der Waals surface area contributed by atoms with E-state index in [0.29, 0.717) is 12.3 Å². The van der Waals surface area contributed by atoms with E-state index < -0.39 is 23.4 Å². The molecule has 0 saturated carbocycles. The second-order valence-corrected chi connectivity index (χ2v) is 3.61. The number of pyridine rings is 1. The highest BCUT2D eigenvalue weighted by Gasteiger charge is 2.32. The van der Waals surface area contributed by atoms with Crippen LogP contribution in [0, 0.1) is 5.82 Å². The van der Waals surface area contributed by atoms with Crippen LogP contribution < -0.4 is 4.74 Å². The van der Waals surface area contributed by atoms with Crippen molar-refractivity contribution in [3.8, 4) is 17.4 Å². The van der Waals surface area contributed by atoms with Crippen molar-refractivity contribution in [3.63, 3.8) is 0 Å². The number of ether oxygens (including phenoxy) is 1. The van der Waals surface area contributed by atoms with Crippen molar-refractivity contribution in [1.82, 2.24) is 4.98 Å². The third-order valence-electron chi connectivity index (χ3n) is 2.17. The molecule has 0 aliphatic heterocycles. The fourth-order valence-corrected chi connectivity index (χ4v) is 1.31. The summed E-state index contributed by atoms with van der Waals surface area (Å²) in [6.07, 6.45) is -4.20. The Bertz CT molecular complexity index is 599. The van der Waals surface area contributed by atoms with Gasteiger partial charge in [0.05, 0.1) is 5.56 Å². The smallest absolute Gasteiger partial charge is 0.417 e. The minimum atomic E-state index is -4.67. The van der Waals surface area contributed by atoms with E-state index in [-0.39, 0.29) is 11.5 Å². The van der Waals surface area contributed by atoms with Crippen molar-refractivity contribution >= 4 is 0 Å². The predicted molar refractivity (Wildman–Crippen MR) is 57.4 cm³/mol. The van der Waals surface area contributed by atoms with Crippen LogP contribution in [-0.2, 0) is 6.18 Å². The van der Waals surface area contributed by atoms with E-state index in [1.165, 1.54) is 24.3 Å². The minimum absolute atomic E-state index is 0.0613. The first-order valence-electron chi connectivity index (χ1n) is 5.06. The molecule has 7 heteroatoms. The first-order valence-corrected chi connectivity index (χ1v) is 5.06. The summed E-state index contributed by atoms with van der Waals surface area (Å²) in [6, 6.07) is 5.68. The van der Waals surface area contributed by atoms with Gasteiger partial charge < -0.3 is 9.84 Å². The molecule has 2 aromatic rings. The topological polar surface area (TPSA) is 42.4 Å². The zero-order valence-electron chi connectivity index (χ0n) is 9.28. The lowest BCUT2D eigenvalue weighted by Gasteiger charge is -2.09. The summed E-state index contributed by atoms with van der Waals surface area (Å²) in [5, 5.41) is 9.17. The molecule has 2 rings (SSSR count). The lowest BCUT2D eigenvalue weighted by Crippen LogP contribution is -2.06. The SMILES string of the molecule is Oc1cccc(Oc2ncc(C(F)(F)F)cc2F)c1. The Labute approximate surface area is 105 Å². The van der Waals surface area contributed by atoms with Crippen molar-refractivity contribution in [3.05, 3.63) is 47.9 Å². The fourth-order valence-electron chi connectivity index (χ4n) is 1.31. The summed E-state index contributed by atoms with van der Waals surface area (Å²) in [6.45, 7) is 0. The van der Waals surface area contributed by atoms with Gasteiger partial charge in [-0.1, -0.05) is 6.07 Å². The van der Waals surface area contributed by atoms with E-state index in [4.69, 9.17) is 9.84 Å². The maximum absolute atomic E-state index is 13.4. The summed E-state index contributed by atoms with van der Waals surface area (Å²) in [5.41, 5.74) is -1.20. The Hall–Kier alpha value is -2.31. The molecular weight excluding hydrogens is 266 g/mol. The van der Waals surface area contributed by atoms with Crippen LogP contribution in [0.25, 0.3) is 0 Å². The molecule has 0 spiro atoms. The van der Waals surface area contributed by atoms with Crippen LogP contribution >= 0.6 is 0 Å². The van der Waals surface area contributed by atoms with E-state index in [1.54, 1.807) is 0 Å². The van der Waals surface area contributed by atoms with Gasteiger partial charge in [0.15, 0.2) is 5.82 Å². The lowest BCUT2D eigenvalue weighted by molar-refractivity contribution is -0.138. The molecule has 1 N–H and O–H groups in total. The highest BCUT2D eigenvalue weighted by atomic mass is 19.4. The van der Waals surface area contributed by atoms with Crippen LogP contribution in [0.1, 0.15) is 5.56 Å². The Morgan fingerprint density at radius 1 is 1.16 bits per heavy atom. The largest absolute Gasteiger partial charge is 0.508 e. The number of alkyl halides is 3. The van der Waals surface area contributed by atoms with E-state index in [2.05, 4.69) is 4.98 Å². The Kier molecular flexibility index (Phi) is 3.28. The highest BCUT2D eigenvalue weighted by Crippen LogP contribution is 2.32. The maximum Gasteiger partial charge on any atom is 0.417 e. The molecule has 0 radical (unpaired) electrons. The van der Waals surface area contributed by atoms with Gasteiger partial charge in [-0.05, 0) is 18.2 Å². The zero-order valence-corrected chi connectivity index (χ0v) is 9.28. The molecule has 0 amide bonds. The van der Waals surface area contributed by atoms with Crippen LogP contribution in [0.5, 0.6) is 17.4 Å². The molecule has 1 aromatic heterocycles. The molecule has 0 aliphatic rings. The average Bonchev–Trinajstić information content (AvgIpc) is 2.30. The number of nitrogens with zero attached hydrogens (tertiary/aromatic N) is 1. The third-order valence-corrected chi connectivity index (χ3v) is 2.17. The Morgan fingerprint density at radius 3 is 2.47 bits per heavy atom. The van der Waals surface area contributed by atoms with Crippen LogP contribution in [-0.4, -0.2) is 10.1 Å². The van der Waals surface area contributed by atoms with Crippen LogP contribution in [0.2, 0.25) is 0 Å². The molecule has 0 atom stereocenters. The maximum atomic E-state index is 13.4. The number of hydrogen-bond donors (Lipinski definition) is 1. The number of benzene rings is 1. The van der Waals surface area contributed by atoms with Crippen molar-refractivity contribution in [2.24, 2.45) is 0 Å². The first kappa shape index (κ1) is 13.1. The third kappa shape index (κ3) is 3.12. The summed E-state index contributed by atoms with van der Waals surface area (Å²) in [7, 11) is 0. The van der Waals surface area contributed by atoms with Crippen LogP contribution in [0.15, 0.2) is 36.5 Å². The number of rotatable bonds is 2. The molecule has 1 aromatic carbocycles. The van der Waals surface area contributed by atoms with E-state index >= 15 is 0 Å². The molecule has 0 bridgehead atoms. The number of aromatic nitrogens is 1. The highest BCUT2D eigenvalue weighted by molar-refractivity contribution is 5.35. The first-order chi connectivity index (χ1) is 8.86. The molecular formula is C12H7F4NO2. The van der Waals surface area contributed by atoms with Gasteiger partial charge in [-0.3, -0.25) is 0 Å². The number of phenols is 1. The van der Waals surface area contributed by atoms with Gasteiger partial charge in [0.25, 0.3) is 5.88 Å². The average molecular weight is 273 g/mol. The Balaban J connectivity index is 2.27. The summed E-state index contributed by atoms with van der Waals surface area (Å²) < 4.78 is 55.3. The van der Waals surface area contributed by atoms with Crippen LogP contribution in [0.4, 0.5) is 17.6 Å². The molecule has 0 saturated heterocycles. The number of aromatic hydroxyl groups is 1. The molecule has 1 heterocycles. The summed E-state index contributed by atoms with van der Waals surface area (Å²) in [5.74, 6) is -1.90. The second kappa shape index (κ2) is 4.75. The van der Waals surface area contributed by atoms with E-state index in [0.717, 1.165) is 0 Å². The number of hydrogen-bond acceptors (Lipinski definition) is 3. The summed E-state index contributed by atoms with van der Waals surface area (Å²) in [4.78, 5) is 3.27.